The molecule has 1 saturated heterocycles. The van der Waals surface area contributed by atoms with E-state index in [0.717, 1.165) is 20.9 Å². The van der Waals surface area contributed by atoms with E-state index < -0.39 is 5.97 Å². The topological polar surface area (TPSA) is 87.8 Å². The fraction of sp³-hybridized carbons (Fsp3) is 0.0455. The third-order valence-corrected chi connectivity index (χ3v) is 6.05. The second-order valence-corrected chi connectivity index (χ2v) is 8.72. The Morgan fingerprint density at radius 2 is 1.87 bits per heavy atom. The molecule has 0 bridgehead atoms. The van der Waals surface area contributed by atoms with Gasteiger partial charge >= 0.3 is 5.97 Å². The predicted molar refractivity (Wildman–Crippen MR) is 122 cm³/mol. The van der Waals surface area contributed by atoms with Crippen molar-refractivity contribution in [2.24, 2.45) is 0 Å². The number of carbonyl (C=O) groups excluding carboxylic acids is 2. The van der Waals surface area contributed by atoms with Gasteiger partial charge in [0.2, 0.25) is 0 Å². The highest BCUT2D eigenvalue weighted by atomic mass is 127. The van der Waals surface area contributed by atoms with E-state index in [9.17, 15) is 14.4 Å². The van der Waals surface area contributed by atoms with Crippen LogP contribution in [0, 0.1) is 3.57 Å². The van der Waals surface area contributed by atoms with Crippen LogP contribution in [0.25, 0.3) is 17.4 Å². The van der Waals surface area contributed by atoms with Crippen LogP contribution in [-0.2, 0) is 11.3 Å². The minimum absolute atomic E-state index is 0.155. The quantitative estimate of drug-likeness (QED) is 0.346. The van der Waals surface area contributed by atoms with Crippen LogP contribution >= 0.6 is 34.4 Å². The Labute approximate surface area is 189 Å². The average molecular weight is 531 g/mol. The number of furan rings is 1. The molecule has 1 fully saturated rings. The number of thioether (sulfide) groups is 1. The van der Waals surface area contributed by atoms with Gasteiger partial charge in [0.15, 0.2) is 0 Å². The van der Waals surface area contributed by atoms with Gasteiger partial charge in [0.05, 0.1) is 17.0 Å². The zero-order valence-electron chi connectivity index (χ0n) is 15.4. The summed E-state index contributed by atoms with van der Waals surface area (Å²) in [6.45, 7) is 0.213. The average Bonchev–Trinajstić information content (AvgIpc) is 3.30. The van der Waals surface area contributed by atoms with Crippen LogP contribution in [0.3, 0.4) is 0 Å². The van der Waals surface area contributed by atoms with Crippen molar-refractivity contribution in [2.75, 3.05) is 0 Å². The Morgan fingerprint density at radius 3 is 2.60 bits per heavy atom. The van der Waals surface area contributed by atoms with Gasteiger partial charge in [-0.15, -0.1) is 0 Å². The summed E-state index contributed by atoms with van der Waals surface area (Å²) >= 11 is 3.07. The van der Waals surface area contributed by atoms with Gasteiger partial charge in [-0.05, 0) is 76.3 Å². The summed E-state index contributed by atoms with van der Waals surface area (Å²) in [4.78, 5) is 37.7. The molecular weight excluding hydrogens is 517 g/mol. The van der Waals surface area contributed by atoms with Gasteiger partial charge in [-0.1, -0.05) is 24.3 Å². The molecule has 1 N–H and O–H groups in total. The van der Waals surface area contributed by atoms with Crippen LogP contribution in [0.15, 0.2) is 70.0 Å². The largest absolute Gasteiger partial charge is 0.478 e. The molecule has 150 valence electrons. The maximum absolute atomic E-state index is 12.7. The molecule has 3 aromatic rings. The fourth-order valence-electron chi connectivity index (χ4n) is 2.93. The number of benzene rings is 2. The van der Waals surface area contributed by atoms with Crippen molar-refractivity contribution >= 4 is 57.5 Å². The SMILES string of the molecule is O=C(O)c1cccc(-c2ccc(/C=C3/SC(=O)N(Cc4ccc(I)cc4)C3=O)o2)c1. The van der Waals surface area contributed by atoms with Crippen molar-refractivity contribution in [1.29, 1.82) is 0 Å². The molecule has 0 saturated carbocycles. The van der Waals surface area contributed by atoms with Gasteiger partial charge in [-0.25, -0.2) is 4.79 Å². The number of aromatic carboxylic acids is 1. The third kappa shape index (κ3) is 4.34. The first-order chi connectivity index (χ1) is 14.4. The summed E-state index contributed by atoms with van der Waals surface area (Å²) < 4.78 is 6.83. The Morgan fingerprint density at radius 1 is 1.10 bits per heavy atom. The number of carbonyl (C=O) groups is 3. The highest BCUT2D eigenvalue weighted by molar-refractivity contribution is 14.1. The van der Waals surface area contributed by atoms with Gasteiger partial charge in [0.1, 0.15) is 11.5 Å². The Bertz CT molecular complexity index is 1180. The summed E-state index contributed by atoms with van der Waals surface area (Å²) in [7, 11) is 0. The Balaban J connectivity index is 1.53. The number of hydrogen-bond acceptors (Lipinski definition) is 5. The van der Waals surface area contributed by atoms with Crippen LogP contribution in [0.2, 0.25) is 0 Å². The summed E-state index contributed by atoms with van der Waals surface area (Å²) in [5.74, 6) is -0.507. The number of carboxylic acid groups (broad SMARTS) is 1. The number of hydrogen-bond donors (Lipinski definition) is 1. The molecule has 2 heterocycles. The third-order valence-electron chi connectivity index (χ3n) is 4.42. The summed E-state index contributed by atoms with van der Waals surface area (Å²) in [6, 6.07) is 17.4. The molecule has 8 heteroatoms. The van der Waals surface area contributed by atoms with E-state index >= 15 is 0 Å². The van der Waals surface area contributed by atoms with E-state index in [2.05, 4.69) is 22.6 Å². The monoisotopic (exact) mass is 531 g/mol. The molecule has 0 radical (unpaired) electrons. The van der Waals surface area contributed by atoms with Gasteiger partial charge in [-0.2, -0.15) is 0 Å². The molecule has 0 unspecified atom stereocenters. The lowest BCUT2D eigenvalue weighted by atomic mass is 10.1. The zero-order chi connectivity index (χ0) is 21.3. The number of imide groups is 1. The molecule has 2 aromatic carbocycles. The second-order valence-electron chi connectivity index (χ2n) is 6.48. The van der Waals surface area contributed by atoms with Crippen molar-refractivity contribution in [2.45, 2.75) is 6.54 Å². The highest BCUT2D eigenvalue weighted by Gasteiger charge is 2.35. The summed E-state index contributed by atoms with van der Waals surface area (Å²) in [5, 5.41) is 8.80. The highest BCUT2D eigenvalue weighted by Crippen LogP contribution is 2.34. The number of nitrogens with zero attached hydrogens (tertiary/aromatic N) is 1. The van der Waals surface area contributed by atoms with Crippen LogP contribution in [0.4, 0.5) is 4.79 Å². The van der Waals surface area contributed by atoms with Gasteiger partial charge in [0, 0.05) is 15.2 Å². The number of halogens is 1. The standard InChI is InChI=1S/C22H14INO5S/c23-16-6-4-13(5-7-16)12-24-20(25)19(30-22(24)28)11-17-8-9-18(29-17)14-2-1-3-15(10-14)21(26)27/h1-11H,12H2,(H,26,27)/b19-11+. The Hall–Kier alpha value is -2.85. The van der Waals surface area contributed by atoms with Gasteiger partial charge in [0.25, 0.3) is 11.1 Å². The lowest BCUT2D eigenvalue weighted by molar-refractivity contribution is -0.123. The fourth-order valence-corrected chi connectivity index (χ4v) is 4.11. The molecular formula is C22H14INO5S. The second kappa shape index (κ2) is 8.49. The molecule has 4 rings (SSSR count). The first-order valence-corrected chi connectivity index (χ1v) is 10.7. The van der Waals surface area contributed by atoms with E-state index in [4.69, 9.17) is 9.52 Å². The van der Waals surface area contributed by atoms with Crippen LogP contribution < -0.4 is 0 Å². The van der Waals surface area contributed by atoms with Crippen molar-refractivity contribution in [3.63, 3.8) is 0 Å². The molecule has 6 nitrogen and oxygen atoms in total. The molecule has 1 aromatic heterocycles. The van der Waals surface area contributed by atoms with E-state index in [0.29, 0.717) is 17.1 Å². The molecule has 0 spiro atoms. The molecule has 0 aliphatic carbocycles. The lowest BCUT2D eigenvalue weighted by Crippen LogP contribution is -2.27. The molecule has 0 atom stereocenters. The molecule has 2 amide bonds. The first kappa shape index (κ1) is 20.4. The minimum Gasteiger partial charge on any atom is -0.478 e. The van der Waals surface area contributed by atoms with Crippen molar-refractivity contribution in [1.82, 2.24) is 4.90 Å². The van der Waals surface area contributed by atoms with E-state index in [1.807, 2.05) is 24.3 Å². The first-order valence-electron chi connectivity index (χ1n) is 8.84. The van der Waals surface area contributed by atoms with Gasteiger partial charge in [-0.3, -0.25) is 14.5 Å². The van der Waals surface area contributed by atoms with Crippen LogP contribution in [0.5, 0.6) is 0 Å². The maximum Gasteiger partial charge on any atom is 0.335 e. The Kier molecular flexibility index (Phi) is 5.78. The number of amides is 2. The lowest BCUT2D eigenvalue weighted by Gasteiger charge is -2.12. The molecule has 30 heavy (non-hydrogen) atoms. The number of rotatable bonds is 5. The zero-order valence-corrected chi connectivity index (χ0v) is 18.3. The minimum atomic E-state index is -1.02. The predicted octanol–water partition coefficient (Wildman–Crippen LogP) is 5.49. The maximum atomic E-state index is 12.7. The van der Waals surface area contributed by atoms with E-state index in [-0.39, 0.29) is 28.2 Å². The van der Waals surface area contributed by atoms with Crippen LogP contribution in [-0.4, -0.2) is 27.1 Å². The van der Waals surface area contributed by atoms with Gasteiger partial charge < -0.3 is 9.52 Å². The molecule has 1 aliphatic rings. The van der Waals surface area contributed by atoms with Crippen LogP contribution in [0.1, 0.15) is 21.7 Å². The number of carboxylic acids is 1. The van der Waals surface area contributed by atoms with Crippen molar-refractivity contribution in [3.05, 3.63) is 86.0 Å². The summed E-state index contributed by atoms with van der Waals surface area (Å²) in [6.07, 6.45) is 1.53. The van der Waals surface area contributed by atoms with Crippen molar-refractivity contribution in [3.8, 4) is 11.3 Å². The smallest absolute Gasteiger partial charge is 0.335 e. The van der Waals surface area contributed by atoms with Crippen molar-refractivity contribution < 1.29 is 23.9 Å². The normalized spacial score (nSPS) is 15.2. The molecule has 1 aliphatic heterocycles. The van der Waals surface area contributed by atoms with E-state index in [1.165, 1.54) is 23.1 Å². The van der Waals surface area contributed by atoms with E-state index in [1.54, 1.807) is 24.3 Å². The summed E-state index contributed by atoms with van der Waals surface area (Å²) in [5.41, 5.74) is 1.64.